The first kappa shape index (κ1) is 16.4. The predicted octanol–water partition coefficient (Wildman–Crippen LogP) is 2.95. The lowest BCUT2D eigenvalue weighted by molar-refractivity contribution is 0.0602. The largest absolute Gasteiger partial charge is 0.492 e. The Hall–Kier alpha value is -2.01. The summed E-state index contributed by atoms with van der Waals surface area (Å²) in [7, 11) is 5.39. The summed E-state index contributed by atoms with van der Waals surface area (Å²) in [6.07, 6.45) is 1.99. The highest BCUT2D eigenvalue weighted by Crippen LogP contribution is 2.29. The lowest BCUT2D eigenvalue weighted by atomic mass is 10.1. The minimum absolute atomic E-state index is 0.306. The average Bonchev–Trinajstić information content (AvgIpc) is 2.89. The van der Waals surface area contributed by atoms with Crippen molar-refractivity contribution in [1.82, 2.24) is 9.47 Å². The Morgan fingerprint density at radius 2 is 2.05 bits per heavy atom. The van der Waals surface area contributed by atoms with E-state index in [0.717, 1.165) is 17.4 Å². The molecule has 0 spiro atoms. The van der Waals surface area contributed by atoms with E-state index >= 15 is 0 Å². The highest BCUT2D eigenvalue weighted by Gasteiger charge is 2.16. The van der Waals surface area contributed by atoms with Crippen molar-refractivity contribution in [2.45, 2.75) is 19.9 Å². The smallest absolute Gasteiger partial charge is 0.338 e. The molecule has 0 aliphatic carbocycles. The van der Waals surface area contributed by atoms with Gasteiger partial charge in [0.15, 0.2) is 0 Å². The maximum Gasteiger partial charge on any atom is 0.338 e. The van der Waals surface area contributed by atoms with E-state index in [4.69, 9.17) is 9.47 Å². The Morgan fingerprint density at radius 1 is 1.32 bits per heavy atom. The molecule has 0 N–H and O–H groups in total. The van der Waals surface area contributed by atoms with Crippen LogP contribution in [0.15, 0.2) is 24.4 Å². The molecule has 5 heteroatoms. The predicted molar refractivity (Wildman–Crippen MR) is 87.7 cm³/mol. The Bertz CT molecular complexity index is 659. The van der Waals surface area contributed by atoms with Gasteiger partial charge >= 0.3 is 5.97 Å². The molecule has 5 nitrogen and oxygen atoms in total. The summed E-state index contributed by atoms with van der Waals surface area (Å²) in [5.74, 6) is 0.347. The van der Waals surface area contributed by atoms with Crippen molar-refractivity contribution < 1.29 is 14.3 Å². The van der Waals surface area contributed by atoms with Gasteiger partial charge in [-0.05, 0) is 40.1 Å². The Balaban J connectivity index is 2.44. The van der Waals surface area contributed by atoms with Crippen LogP contribution >= 0.6 is 0 Å². The molecule has 0 aliphatic heterocycles. The van der Waals surface area contributed by atoms with Crippen molar-refractivity contribution in [1.29, 1.82) is 0 Å². The second-order valence-electron chi connectivity index (χ2n) is 5.86. The minimum Gasteiger partial charge on any atom is -0.492 e. The van der Waals surface area contributed by atoms with Crippen LogP contribution in [0.2, 0.25) is 0 Å². The van der Waals surface area contributed by atoms with Crippen LogP contribution in [0.3, 0.4) is 0 Å². The molecular weight excluding hydrogens is 280 g/mol. The fourth-order valence-corrected chi connectivity index (χ4v) is 2.39. The molecule has 0 fully saturated rings. The lowest BCUT2D eigenvalue weighted by Crippen LogP contribution is -2.19. The number of nitrogens with zero attached hydrogens (tertiary/aromatic N) is 2. The summed E-state index contributed by atoms with van der Waals surface area (Å²) < 4.78 is 12.8. The zero-order chi connectivity index (χ0) is 16.3. The monoisotopic (exact) mass is 304 g/mol. The molecule has 0 bridgehead atoms. The van der Waals surface area contributed by atoms with E-state index in [-0.39, 0.29) is 5.97 Å². The molecule has 120 valence electrons. The number of carbonyl (C=O) groups is 1. The highest BCUT2D eigenvalue weighted by molar-refractivity contribution is 6.04. The van der Waals surface area contributed by atoms with Crippen LogP contribution in [0.5, 0.6) is 5.75 Å². The maximum atomic E-state index is 12.0. The van der Waals surface area contributed by atoms with Crippen LogP contribution in [0, 0.1) is 0 Å². The van der Waals surface area contributed by atoms with Gasteiger partial charge in [-0.3, -0.25) is 0 Å². The maximum absolute atomic E-state index is 12.0. The van der Waals surface area contributed by atoms with Crippen LogP contribution < -0.4 is 4.74 Å². The van der Waals surface area contributed by atoms with E-state index in [1.807, 2.05) is 32.4 Å². The average molecular weight is 304 g/mol. The third-order valence-corrected chi connectivity index (χ3v) is 3.58. The van der Waals surface area contributed by atoms with Crippen LogP contribution in [0.4, 0.5) is 0 Å². The number of esters is 1. The lowest BCUT2D eigenvalue weighted by Gasteiger charge is -2.14. The number of hydrogen-bond donors (Lipinski definition) is 0. The summed E-state index contributed by atoms with van der Waals surface area (Å²) in [6.45, 7) is 5.60. The molecule has 1 aromatic carbocycles. The van der Waals surface area contributed by atoms with Crippen LogP contribution in [-0.2, 0) is 4.74 Å². The number of benzene rings is 1. The fraction of sp³-hybridized carbons (Fsp3) is 0.471. The van der Waals surface area contributed by atoms with Crippen molar-refractivity contribution in [3.05, 3.63) is 30.0 Å². The van der Waals surface area contributed by atoms with E-state index in [1.165, 1.54) is 7.11 Å². The van der Waals surface area contributed by atoms with Gasteiger partial charge in [0.1, 0.15) is 12.4 Å². The van der Waals surface area contributed by atoms with Crippen molar-refractivity contribution in [3.63, 3.8) is 0 Å². The van der Waals surface area contributed by atoms with Gasteiger partial charge in [-0.25, -0.2) is 4.79 Å². The molecule has 0 atom stereocenters. The number of carbonyl (C=O) groups excluding carboxylic acids is 1. The molecule has 2 rings (SSSR count). The molecule has 0 unspecified atom stereocenters. The SMILES string of the molecule is COC(=O)c1cc(OCCN(C)C)cc2c1ccn2C(C)C. The Morgan fingerprint density at radius 3 is 2.64 bits per heavy atom. The molecule has 0 amide bonds. The molecular formula is C17H24N2O3. The number of ether oxygens (including phenoxy) is 2. The standard InChI is InChI=1S/C17H24N2O3/c1-12(2)19-7-6-14-15(17(20)21-5)10-13(11-16(14)19)22-9-8-18(3)4/h6-7,10-12H,8-9H2,1-5H3. The third-order valence-electron chi connectivity index (χ3n) is 3.58. The quantitative estimate of drug-likeness (QED) is 0.770. The van der Waals surface area contributed by atoms with E-state index in [1.54, 1.807) is 6.07 Å². The molecule has 0 aliphatic rings. The number of likely N-dealkylation sites (N-methyl/N-ethyl adjacent to an activating group) is 1. The zero-order valence-electron chi connectivity index (χ0n) is 13.9. The summed E-state index contributed by atoms with van der Waals surface area (Å²) in [4.78, 5) is 14.1. The summed E-state index contributed by atoms with van der Waals surface area (Å²) in [5.41, 5.74) is 1.53. The van der Waals surface area contributed by atoms with E-state index in [0.29, 0.717) is 24.0 Å². The Kier molecular flexibility index (Phi) is 5.08. The van der Waals surface area contributed by atoms with Gasteiger partial charge in [0.05, 0.1) is 18.2 Å². The van der Waals surface area contributed by atoms with Gasteiger partial charge in [-0.15, -0.1) is 0 Å². The van der Waals surface area contributed by atoms with Crippen LogP contribution in [0.1, 0.15) is 30.2 Å². The van der Waals surface area contributed by atoms with Gasteiger partial charge < -0.3 is 18.9 Å². The second-order valence-corrected chi connectivity index (χ2v) is 5.86. The molecule has 0 radical (unpaired) electrons. The van der Waals surface area contributed by atoms with Gasteiger partial charge in [0.2, 0.25) is 0 Å². The molecule has 1 aromatic heterocycles. The summed E-state index contributed by atoms with van der Waals surface area (Å²) in [5, 5.41) is 0.889. The van der Waals surface area contributed by atoms with E-state index in [9.17, 15) is 4.79 Å². The third kappa shape index (κ3) is 3.42. The van der Waals surface area contributed by atoms with Crippen molar-refractivity contribution in [2.75, 3.05) is 34.4 Å². The minimum atomic E-state index is -0.343. The van der Waals surface area contributed by atoms with Gasteiger partial charge in [-0.2, -0.15) is 0 Å². The van der Waals surface area contributed by atoms with Gasteiger partial charge in [0.25, 0.3) is 0 Å². The zero-order valence-corrected chi connectivity index (χ0v) is 13.9. The summed E-state index contributed by atoms with van der Waals surface area (Å²) in [6, 6.07) is 6.00. The van der Waals surface area contributed by atoms with E-state index < -0.39 is 0 Å². The molecule has 2 aromatic rings. The van der Waals surface area contributed by atoms with Crippen molar-refractivity contribution in [2.24, 2.45) is 0 Å². The second kappa shape index (κ2) is 6.83. The fourth-order valence-electron chi connectivity index (χ4n) is 2.39. The highest BCUT2D eigenvalue weighted by atomic mass is 16.5. The normalized spacial score (nSPS) is 11.4. The number of fused-ring (bicyclic) bond motifs is 1. The Labute approximate surface area is 131 Å². The first-order chi connectivity index (χ1) is 10.4. The first-order valence-electron chi connectivity index (χ1n) is 7.44. The molecule has 0 saturated carbocycles. The van der Waals surface area contributed by atoms with Crippen molar-refractivity contribution in [3.8, 4) is 5.75 Å². The molecule has 1 heterocycles. The topological polar surface area (TPSA) is 43.7 Å². The van der Waals surface area contributed by atoms with E-state index in [2.05, 4.69) is 23.3 Å². The van der Waals surface area contributed by atoms with Gasteiger partial charge in [0, 0.05) is 30.2 Å². The number of rotatable bonds is 6. The molecule has 0 saturated heterocycles. The number of aromatic nitrogens is 1. The van der Waals surface area contributed by atoms with Gasteiger partial charge in [-0.1, -0.05) is 0 Å². The number of hydrogen-bond acceptors (Lipinski definition) is 4. The number of methoxy groups -OCH3 is 1. The van der Waals surface area contributed by atoms with Crippen LogP contribution in [0.25, 0.3) is 10.9 Å². The molecule has 22 heavy (non-hydrogen) atoms. The first-order valence-corrected chi connectivity index (χ1v) is 7.44. The van der Waals surface area contributed by atoms with Crippen molar-refractivity contribution >= 4 is 16.9 Å². The van der Waals surface area contributed by atoms with Crippen LogP contribution in [-0.4, -0.2) is 49.8 Å². The summed E-state index contributed by atoms with van der Waals surface area (Å²) >= 11 is 0.